The Hall–Kier alpha value is -2.08. The van der Waals surface area contributed by atoms with Gasteiger partial charge < -0.3 is 14.4 Å². The Morgan fingerprint density at radius 3 is 2.62 bits per heavy atom. The number of halogens is 1. The van der Waals surface area contributed by atoms with Crippen LogP contribution in [-0.4, -0.2) is 38.6 Å². The van der Waals surface area contributed by atoms with Gasteiger partial charge in [0.2, 0.25) is 5.91 Å². The third-order valence-corrected chi connectivity index (χ3v) is 3.64. The lowest BCUT2D eigenvalue weighted by Crippen LogP contribution is -2.26. The van der Waals surface area contributed by atoms with Crippen LogP contribution in [0.15, 0.2) is 18.2 Å². The Labute approximate surface area is 126 Å². The summed E-state index contributed by atoms with van der Waals surface area (Å²) < 4.78 is 9.29. The Bertz CT molecular complexity index is 601. The van der Waals surface area contributed by atoms with Gasteiger partial charge in [-0.25, -0.2) is 4.79 Å². The number of rotatable bonds is 3. The highest BCUT2D eigenvalue weighted by Gasteiger charge is 2.36. The average molecular weight is 312 g/mol. The highest BCUT2D eigenvalue weighted by Crippen LogP contribution is 2.32. The molecule has 0 unspecified atom stereocenters. The smallest absolute Gasteiger partial charge is 0.337 e. The van der Waals surface area contributed by atoms with E-state index in [2.05, 4.69) is 9.47 Å². The summed E-state index contributed by atoms with van der Waals surface area (Å²) in [5.41, 5.74) is 0.669. The first-order chi connectivity index (χ1) is 9.97. The summed E-state index contributed by atoms with van der Waals surface area (Å²) in [6.45, 7) is 0.176. The van der Waals surface area contributed by atoms with E-state index in [1.165, 1.54) is 37.3 Å². The predicted molar refractivity (Wildman–Crippen MR) is 75.3 cm³/mol. The zero-order chi connectivity index (χ0) is 15.6. The first-order valence-electron chi connectivity index (χ1n) is 6.24. The highest BCUT2D eigenvalue weighted by atomic mass is 35.5. The summed E-state index contributed by atoms with van der Waals surface area (Å²) in [4.78, 5) is 36.5. The first-order valence-corrected chi connectivity index (χ1v) is 6.61. The van der Waals surface area contributed by atoms with Crippen LogP contribution in [0.4, 0.5) is 5.69 Å². The van der Waals surface area contributed by atoms with Crippen LogP contribution in [0, 0.1) is 5.92 Å². The fourth-order valence-corrected chi connectivity index (χ4v) is 2.45. The Morgan fingerprint density at radius 1 is 1.29 bits per heavy atom. The summed E-state index contributed by atoms with van der Waals surface area (Å²) in [5, 5.41) is 0.321. The Morgan fingerprint density at radius 2 is 2.00 bits per heavy atom. The molecule has 112 valence electrons. The molecule has 0 radical (unpaired) electrons. The van der Waals surface area contributed by atoms with Crippen LogP contribution < -0.4 is 4.90 Å². The molecule has 1 heterocycles. The van der Waals surface area contributed by atoms with E-state index >= 15 is 0 Å². The van der Waals surface area contributed by atoms with Crippen molar-refractivity contribution in [2.45, 2.75) is 6.42 Å². The van der Waals surface area contributed by atoms with Gasteiger partial charge >= 0.3 is 11.9 Å². The van der Waals surface area contributed by atoms with Crippen molar-refractivity contribution in [3.05, 3.63) is 28.8 Å². The molecule has 0 aliphatic carbocycles. The molecule has 21 heavy (non-hydrogen) atoms. The first kappa shape index (κ1) is 15.3. The zero-order valence-corrected chi connectivity index (χ0v) is 12.3. The number of hydrogen-bond acceptors (Lipinski definition) is 5. The molecule has 1 fully saturated rings. The van der Waals surface area contributed by atoms with Crippen LogP contribution in [0.25, 0.3) is 0 Å². The molecule has 0 saturated carbocycles. The normalized spacial score (nSPS) is 17.8. The van der Waals surface area contributed by atoms with Gasteiger partial charge in [0, 0.05) is 13.0 Å². The van der Waals surface area contributed by atoms with Crippen molar-refractivity contribution in [2.75, 3.05) is 25.7 Å². The lowest BCUT2D eigenvalue weighted by molar-refractivity contribution is -0.145. The van der Waals surface area contributed by atoms with Crippen LogP contribution in [0.5, 0.6) is 0 Å². The van der Waals surface area contributed by atoms with E-state index in [0.29, 0.717) is 10.7 Å². The second kappa shape index (κ2) is 6.13. The molecule has 0 spiro atoms. The topological polar surface area (TPSA) is 72.9 Å². The summed E-state index contributed by atoms with van der Waals surface area (Å²) >= 11 is 6.09. The number of anilines is 1. The summed E-state index contributed by atoms with van der Waals surface area (Å²) in [7, 11) is 2.55. The standard InChI is InChI=1S/C14H14ClNO5/c1-20-13(18)8-3-4-10(15)11(5-8)16-7-9(6-12(16)17)14(19)21-2/h3-5,9H,6-7H2,1-2H3/t9-/m1/s1. The van der Waals surface area contributed by atoms with Gasteiger partial charge in [-0.2, -0.15) is 0 Å². The zero-order valence-electron chi connectivity index (χ0n) is 11.6. The molecule has 1 atom stereocenters. The van der Waals surface area contributed by atoms with Gasteiger partial charge in [0.25, 0.3) is 0 Å². The van der Waals surface area contributed by atoms with Crippen LogP contribution in [0.3, 0.4) is 0 Å². The van der Waals surface area contributed by atoms with Gasteiger partial charge in [0.15, 0.2) is 0 Å². The van der Waals surface area contributed by atoms with E-state index < -0.39 is 17.9 Å². The van der Waals surface area contributed by atoms with Crippen molar-refractivity contribution in [2.24, 2.45) is 5.92 Å². The summed E-state index contributed by atoms with van der Waals surface area (Å²) in [5.74, 6) is -1.73. The van der Waals surface area contributed by atoms with E-state index in [1.807, 2.05) is 0 Å². The quantitative estimate of drug-likeness (QED) is 0.794. The molecule has 1 amide bonds. The molecule has 1 aliphatic rings. The number of benzene rings is 1. The Balaban J connectivity index is 2.31. The highest BCUT2D eigenvalue weighted by molar-refractivity contribution is 6.34. The van der Waals surface area contributed by atoms with Crippen molar-refractivity contribution in [3.8, 4) is 0 Å². The number of carbonyl (C=O) groups is 3. The third-order valence-electron chi connectivity index (χ3n) is 3.32. The van der Waals surface area contributed by atoms with Gasteiger partial charge in [-0.15, -0.1) is 0 Å². The van der Waals surface area contributed by atoms with Crippen molar-refractivity contribution < 1.29 is 23.9 Å². The van der Waals surface area contributed by atoms with Gasteiger partial charge in [-0.1, -0.05) is 11.6 Å². The molecular formula is C14H14ClNO5. The lowest BCUT2D eigenvalue weighted by Gasteiger charge is -2.18. The Kier molecular flexibility index (Phi) is 4.47. The van der Waals surface area contributed by atoms with Gasteiger partial charge in [0.1, 0.15) is 0 Å². The second-order valence-electron chi connectivity index (χ2n) is 4.59. The number of ether oxygens (including phenoxy) is 2. The molecular weight excluding hydrogens is 298 g/mol. The number of esters is 2. The number of methoxy groups -OCH3 is 2. The monoisotopic (exact) mass is 311 g/mol. The summed E-state index contributed by atoms with van der Waals surface area (Å²) in [6.07, 6.45) is 0.0610. The molecule has 0 bridgehead atoms. The van der Waals surface area contributed by atoms with Crippen LogP contribution >= 0.6 is 11.6 Å². The van der Waals surface area contributed by atoms with E-state index in [1.54, 1.807) is 0 Å². The van der Waals surface area contributed by atoms with Crippen molar-refractivity contribution in [3.63, 3.8) is 0 Å². The van der Waals surface area contributed by atoms with Crippen LogP contribution in [-0.2, 0) is 19.1 Å². The molecule has 1 aromatic rings. The molecule has 0 N–H and O–H groups in total. The van der Waals surface area contributed by atoms with E-state index in [0.717, 1.165) is 0 Å². The maximum atomic E-state index is 12.1. The lowest BCUT2D eigenvalue weighted by atomic mass is 10.1. The number of amides is 1. The van der Waals surface area contributed by atoms with Gasteiger partial charge in [-0.3, -0.25) is 9.59 Å². The van der Waals surface area contributed by atoms with E-state index in [4.69, 9.17) is 11.6 Å². The van der Waals surface area contributed by atoms with Crippen molar-refractivity contribution in [1.82, 2.24) is 0 Å². The SMILES string of the molecule is COC(=O)c1ccc(Cl)c(N2C[C@H](C(=O)OC)CC2=O)c1. The van der Waals surface area contributed by atoms with Crippen LogP contribution in [0.2, 0.25) is 5.02 Å². The average Bonchev–Trinajstić information content (AvgIpc) is 2.88. The molecule has 1 saturated heterocycles. The predicted octanol–water partition coefficient (Wildman–Crippen LogP) is 1.65. The van der Waals surface area contributed by atoms with Crippen molar-refractivity contribution in [1.29, 1.82) is 0 Å². The van der Waals surface area contributed by atoms with E-state index in [-0.39, 0.29) is 24.4 Å². The fourth-order valence-electron chi connectivity index (χ4n) is 2.23. The fraction of sp³-hybridized carbons (Fsp3) is 0.357. The minimum absolute atomic E-state index is 0.0610. The molecule has 1 aliphatic heterocycles. The van der Waals surface area contributed by atoms with Gasteiger partial charge in [0.05, 0.1) is 36.4 Å². The number of hydrogen-bond donors (Lipinski definition) is 0. The molecule has 0 aromatic heterocycles. The molecule has 7 heteroatoms. The van der Waals surface area contributed by atoms with E-state index in [9.17, 15) is 14.4 Å². The summed E-state index contributed by atoms with van der Waals surface area (Å²) in [6, 6.07) is 4.50. The minimum Gasteiger partial charge on any atom is -0.469 e. The third kappa shape index (κ3) is 3.00. The van der Waals surface area contributed by atoms with Crippen molar-refractivity contribution >= 4 is 35.1 Å². The van der Waals surface area contributed by atoms with Gasteiger partial charge in [-0.05, 0) is 18.2 Å². The second-order valence-corrected chi connectivity index (χ2v) is 4.99. The maximum Gasteiger partial charge on any atom is 0.337 e. The maximum absolute atomic E-state index is 12.1. The molecule has 6 nitrogen and oxygen atoms in total. The number of carbonyl (C=O) groups excluding carboxylic acids is 3. The minimum atomic E-state index is -0.527. The molecule has 2 rings (SSSR count). The molecule has 1 aromatic carbocycles. The number of nitrogens with zero attached hydrogens (tertiary/aromatic N) is 1. The van der Waals surface area contributed by atoms with Crippen LogP contribution in [0.1, 0.15) is 16.8 Å². The largest absolute Gasteiger partial charge is 0.469 e.